The van der Waals surface area contributed by atoms with Gasteiger partial charge >= 0.3 is 5.63 Å². The number of fused-ring (bicyclic) bond motifs is 3. The van der Waals surface area contributed by atoms with Crippen LogP contribution in [0.1, 0.15) is 5.56 Å². The van der Waals surface area contributed by atoms with Gasteiger partial charge in [0.25, 0.3) is 0 Å². The Hall–Kier alpha value is -3.07. The van der Waals surface area contributed by atoms with Gasteiger partial charge in [0.15, 0.2) is 0 Å². The van der Waals surface area contributed by atoms with E-state index in [0.717, 1.165) is 21.7 Å². The van der Waals surface area contributed by atoms with E-state index in [1.54, 1.807) is 6.07 Å². The summed E-state index contributed by atoms with van der Waals surface area (Å²) in [6.07, 6.45) is 0. The molecule has 1 aromatic heterocycles. The quantitative estimate of drug-likeness (QED) is 0.412. The summed E-state index contributed by atoms with van der Waals surface area (Å²) in [4.78, 5) is 12.1. The van der Waals surface area contributed by atoms with Gasteiger partial charge in [-0.2, -0.15) is 0 Å². The van der Waals surface area contributed by atoms with Gasteiger partial charge in [-0.15, -0.1) is 0 Å². The molecule has 1 heterocycles. The van der Waals surface area contributed by atoms with Crippen molar-refractivity contribution in [3.8, 4) is 5.75 Å². The predicted octanol–water partition coefficient (Wildman–Crippen LogP) is 4.53. The molecule has 4 rings (SSSR count). The highest BCUT2D eigenvalue weighted by atomic mass is 16.5. The van der Waals surface area contributed by atoms with E-state index in [2.05, 4.69) is 0 Å². The molecule has 3 nitrogen and oxygen atoms in total. The van der Waals surface area contributed by atoms with E-state index in [0.29, 0.717) is 12.2 Å². The van der Waals surface area contributed by atoms with Crippen molar-refractivity contribution >= 4 is 21.7 Å². The highest BCUT2D eigenvalue weighted by Gasteiger charge is 2.09. The molecule has 0 spiro atoms. The minimum absolute atomic E-state index is 0.234. The summed E-state index contributed by atoms with van der Waals surface area (Å²) >= 11 is 0. The van der Waals surface area contributed by atoms with Crippen LogP contribution in [0.15, 0.2) is 82.0 Å². The van der Waals surface area contributed by atoms with Crippen LogP contribution in [0.5, 0.6) is 5.75 Å². The van der Waals surface area contributed by atoms with Crippen LogP contribution >= 0.6 is 0 Å². The molecule has 23 heavy (non-hydrogen) atoms. The molecule has 112 valence electrons. The Balaban J connectivity index is 1.79. The lowest BCUT2D eigenvalue weighted by Gasteiger charge is -2.07. The summed E-state index contributed by atoms with van der Waals surface area (Å²) < 4.78 is 11.1. The molecule has 3 aromatic carbocycles. The first-order valence-corrected chi connectivity index (χ1v) is 7.43. The highest BCUT2D eigenvalue weighted by Crippen LogP contribution is 2.26. The number of hydrogen-bond acceptors (Lipinski definition) is 3. The highest BCUT2D eigenvalue weighted by molar-refractivity contribution is 6.05. The van der Waals surface area contributed by atoms with Gasteiger partial charge < -0.3 is 9.15 Å². The second-order valence-electron chi connectivity index (χ2n) is 5.37. The first-order chi connectivity index (χ1) is 11.3. The maximum atomic E-state index is 12.1. The molecule has 0 N–H and O–H groups in total. The van der Waals surface area contributed by atoms with E-state index in [1.165, 1.54) is 0 Å². The van der Waals surface area contributed by atoms with Crippen molar-refractivity contribution in [3.63, 3.8) is 0 Å². The topological polar surface area (TPSA) is 39.4 Å². The molecular formula is C20H14O3. The van der Waals surface area contributed by atoms with Gasteiger partial charge in [-0.05, 0) is 28.5 Å². The Bertz CT molecular complexity index is 1030. The maximum Gasteiger partial charge on any atom is 0.379 e. The molecule has 0 aliphatic heterocycles. The van der Waals surface area contributed by atoms with Crippen LogP contribution in [-0.2, 0) is 6.61 Å². The van der Waals surface area contributed by atoms with Gasteiger partial charge in [-0.3, -0.25) is 0 Å². The van der Waals surface area contributed by atoms with E-state index in [9.17, 15) is 4.79 Å². The summed E-state index contributed by atoms with van der Waals surface area (Å²) in [5, 5.41) is 3.02. The Kier molecular flexibility index (Phi) is 3.31. The number of ether oxygens (including phenoxy) is 1. The monoisotopic (exact) mass is 302 g/mol. The summed E-state index contributed by atoms with van der Waals surface area (Å²) in [6.45, 7) is 0.335. The van der Waals surface area contributed by atoms with Gasteiger partial charge in [0, 0.05) is 5.39 Å². The third kappa shape index (κ3) is 2.57. The van der Waals surface area contributed by atoms with Gasteiger partial charge in [0.1, 0.15) is 12.2 Å². The summed E-state index contributed by atoms with van der Waals surface area (Å²) in [6, 6.07) is 23.3. The second kappa shape index (κ2) is 5.61. The molecule has 3 heteroatoms. The number of rotatable bonds is 3. The summed E-state index contributed by atoms with van der Waals surface area (Å²) in [7, 11) is 0. The lowest BCUT2D eigenvalue weighted by atomic mass is 10.1. The largest absolute Gasteiger partial charge is 0.482 e. The smallest absolute Gasteiger partial charge is 0.379 e. The minimum Gasteiger partial charge on any atom is -0.482 e. The summed E-state index contributed by atoms with van der Waals surface area (Å²) in [5.74, 6) is 0.234. The van der Waals surface area contributed by atoms with Gasteiger partial charge in [-0.1, -0.05) is 60.7 Å². The molecule has 0 fully saturated rings. The Morgan fingerprint density at radius 1 is 0.826 bits per heavy atom. The lowest BCUT2D eigenvalue weighted by Crippen LogP contribution is -2.06. The predicted molar refractivity (Wildman–Crippen MR) is 90.8 cm³/mol. The average molecular weight is 302 g/mol. The van der Waals surface area contributed by atoms with Crippen molar-refractivity contribution < 1.29 is 9.15 Å². The molecule has 0 amide bonds. The zero-order valence-corrected chi connectivity index (χ0v) is 12.4. The molecule has 0 unspecified atom stereocenters. The second-order valence-corrected chi connectivity index (χ2v) is 5.37. The third-order valence-electron chi connectivity index (χ3n) is 3.85. The lowest BCUT2D eigenvalue weighted by molar-refractivity contribution is 0.291. The van der Waals surface area contributed by atoms with Crippen molar-refractivity contribution in [3.05, 3.63) is 88.8 Å². The van der Waals surface area contributed by atoms with Crippen molar-refractivity contribution in [2.75, 3.05) is 0 Å². The number of hydrogen-bond donors (Lipinski definition) is 0. The zero-order chi connectivity index (χ0) is 15.6. The molecule has 0 aliphatic carbocycles. The number of benzene rings is 3. The molecule has 0 saturated carbocycles. The Morgan fingerprint density at radius 2 is 1.61 bits per heavy atom. The standard InChI is InChI=1S/C20H14O3/c21-20-19(22-13-14-6-2-1-3-7-14)12-17-16-9-5-4-8-15(16)10-11-18(17)23-20/h1-12H,13H2. The van der Waals surface area contributed by atoms with Gasteiger partial charge in [-0.25, -0.2) is 4.79 Å². The molecule has 0 radical (unpaired) electrons. The first kappa shape index (κ1) is 13.6. The van der Waals surface area contributed by atoms with Crippen molar-refractivity contribution in [2.45, 2.75) is 6.61 Å². The van der Waals surface area contributed by atoms with Crippen molar-refractivity contribution in [2.24, 2.45) is 0 Å². The SMILES string of the molecule is O=c1oc2ccc3ccccc3c2cc1OCc1ccccc1. The fourth-order valence-corrected chi connectivity index (χ4v) is 2.69. The molecule has 0 atom stereocenters. The van der Waals surface area contributed by atoms with Crippen molar-refractivity contribution in [1.29, 1.82) is 0 Å². The van der Waals surface area contributed by atoms with Crippen LogP contribution < -0.4 is 10.4 Å². The molecule has 4 aromatic rings. The molecular weight excluding hydrogens is 288 g/mol. The Labute approximate surface area is 132 Å². The first-order valence-electron chi connectivity index (χ1n) is 7.43. The zero-order valence-electron chi connectivity index (χ0n) is 12.4. The van der Waals surface area contributed by atoms with Crippen LogP contribution in [0.3, 0.4) is 0 Å². The van der Waals surface area contributed by atoms with Gasteiger partial charge in [0.05, 0.1) is 0 Å². The summed E-state index contributed by atoms with van der Waals surface area (Å²) in [5.41, 5.74) is 1.12. The molecule has 0 aliphatic rings. The average Bonchev–Trinajstić information content (AvgIpc) is 2.61. The Morgan fingerprint density at radius 3 is 2.48 bits per heavy atom. The minimum atomic E-state index is -0.455. The third-order valence-corrected chi connectivity index (χ3v) is 3.85. The van der Waals surface area contributed by atoms with Crippen LogP contribution in [-0.4, -0.2) is 0 Å². The van der Waals surface area contributed by atoms with E-state index >= 15 is 0 Å². The molecule has 0 bridgehead atoms. The normalized spacial score (nSPS) is 11.0. The maximum absolute atomic E-state index is 12.1. The molecule has 0 saturated heterocycles. The fourth-order valence-electron chi connectivity index (χ4n) is 2.69. The van der Waals surface area contributed by atoms with E-state index < -0.39 is 5.63 Å². The van der Waals surface area contributed by atoms with Crippen molar-refractivity contribution in [1.82, 2.24) is 0 Å². The van der Waals surface area contributed by atoms with E-state index in [-0.39, 0.29) is 5.75 Å². The fraction of sp³-hybridized carbons (Fsp3) is 0.0500. The van der Waals surface area contributed by atoms with E-state index in [4.69, 9.17) is 9.15 Å². The van der Waals surface area contributed by atoms with Gasteiger partial charge in [0.2, 0.25) is 5.75 Å². The van der Waals surface area contributed by atoms with Crippen LogP contribution in [0, 0.1) is 0 Å². The van der Waals surface area contributed by atoms with E-state index in [1.807, 2.05) is 66.7 Å². The van der Waals surface area contributed by atoms with Crippen LogP contribution in [0.25, 0.3) is 21.7 Å². The van der Waals surface area contributed by atoms with Crippen LogP contribution in [0.2, 0.25) is 0 Å². The van der Waals surface area contributed by atoms with Crippen LogP contribution in [0.4, 0.5) is 0 Å².